The first-order valence-corrected chi connectivity index (χ1v) is 7.88. The first kappa shape index (κ1) is 14.2. The maximum atomic E-state index is 12.7. The molecule has 19 heavy (non-hydrogen) atoms. The lowest BCUT2D eigenvalue weighted by molar-refractivity contribution is 0.427. The Hall–Kier alpha value is -1.17. The van der Waals surface area contributed by atoms with Crippen LogP contribution >= 0.6 is 0 Å². The summed E-state index contributed by atoms with van der Waals surface area (Å²) in [5.74, 6) is 0. The number of rotatable bonds is 4. The number of nitrogens with zero attached hydrogens (tertiary/aromatic N) is 1. The molecule has 0 amide bonds. The Bertz CT molecular complexity index is 579. The second kappa shape index (κ2) is 5.86. The molecule has 0 aromatic heterocycles. The Morgan fingerprint density at radius 2 is 2.05 bits per heavy atom. The summed E-state index contributed by atoms with van der Waals surface area (Å²) in [6.45, 7) is 3.59. The molecule has 0 spiro atoms. The van der Waals surface area contributed by atoms with Gasteiger partial charge < -0.3 is 5.32 Å². The molecule has 4 nitrogen and oxygen atoms in total. The Morgan fingerprint density at radius 3 is 2.74 bits per heavy atom. The Balaban J connectivity index is 2.37. The van der Waals surface area contributed by atoms with Crippen LogP contribution in [0.2, 0.25) is 0 Å². The van der Waals surface area contributed by atoms with Gasteiger partial charge in [-0.1, -0.05) is 29.8 Å². The molecule has 0 aliphatic carbocycles. The van der Waals surface area contributed by atoms with Gasteiger partial charge in [-0.25, -0.2) is 8.42 Å². The van der Waals surface area contributed by atoms with Crippen molar-refractivity contribution in [2.75, 3.05) is 20.1 Å². The van der Waals surface area contributed by atoms with Crippen molar-refractivity contribution in [1.82, 2.24) is 9.62 Å². The van der Waals surface area contributed by atoms with E-state index in [1.54, 1.807) is 16.4 Å². The third-order valence-electron chi connectivity index (χ3n) is 3.25. The van der Waals surface area contributed by atoms with E-state index in [1.165, 1.54) is 0 Å². The van der Waals surface area contributed by atoms with E-state index in [-0.39, 0.29) is 0 Å². The van der Waals surface area contributed by atoms with Crippen molar-refractivity contribution in [3.8, 4) is 0 Å². The molecule has 1 aliphatic heterocycles. The molecule has 1 aromatic rings. The van der Waals surface area contributed by atoms with Gasteiger partial charge in [0, 0.05) is 19.6 Å². The van der Waals surface area contributed by atoms with E-state index in [1.807, 2.05) is 26.1 Å². The molecule has 1 N–H and O–H groups in total. The van der Waals surface area contributed by atoms with Gasteiger partial charge in [-0.05, 0) is 32.0 Å². The van der Waals surface area contributed by atoms with Crippen LogP contribution in [0.25, 0.3) is 0 Å². The molecule has 1 aromatic carbocycles. The maximum Gasteiger partial charge on any atom is 0.243 e. The number of sulfonamides is 1. The summed E-state index contributed by atoms with van der Waals surface area (Å²) >= 11 is 0. The molecule has 2 rings (SSSR count). The van der Waals surface area contributed by atoms with Gasteiger partial charge in [0.05, 0.1) is 4.90 Å². The molecule has 1 aliphatic rings. The van der Waals surface area contributed by atoms with Crippen LogP contribution in [0.15, 0.2) is 40.8 Å². The Morgan fingerprint density at radius 1 is 1.32 bits per heavy atom. The van der Waals surface area contributed by atoms with Crippen LogP contribution in [-0.2, 0) is 16.6 Å². The van der Waals surface area contributed by atoms with Gasteiger partial charge in [-0.2, -0.15) is 4.31 Å². The first-order valence-electron chi connectivity index (χ1n) is 6.44. The molecule has 0 atom stereocenters. The third kappa shape index (κ3) is 3.05. The van der Waals surface area contributed by atoms with E-state index in [0.29, 0.717) is 24.5 Å². The average Bonchev–Trinajstić information content (AvgIpc) is 2.39. The molecule has 0 unspecified atom stereocenters. The Kier molecular flexibility index (Phi) is 4.39. The lowest BCUT2D eigenvalue weighted by Gasteiger charge is -2.26. The van der Waals surface area contributed by atoms with Crippen LogP contribution in [-0.4, -0.2) is 32.9 Å². The molecule has 0 saturated heterocycles. The molecule has 0 bridgehead atoms. The quantitative estimate of drug-likeness (QED) is 0.855. The topological polar surface area (TPSA) is 49.4 Å². The highest BCUT2D eigenvalue weighted by atomic mass is 32.2. The van der Waals surface area contributed by atoms with Gasteiger partial charge in [0.25, 0.3) is 0 Å². The van der Waals surface area contributed by atoms with Crippen molar-refractivity contribution >= 4 is 10.0 Å². The molecule has 0 fully saturated rings. The molecular weight excluding hydrogens is 260 g/mol. The van der Waals surface area contributed by atoms with E-state index in [2.05, 4.69) is 11.4 Å². The summed E-state index contributed by atoms with van der Waals surface area (Å²) in [4.78, 5) is 0.416. The van der Waals surface area contributed by atoms with Gasteiger partial charge in [0.1, 0.15) is 0 Å². The number of hydrogen-bond acceptors (Lipinski definition) is 3. The van der Waals surface area contributed by atoms with E-state index in [9.17, 15) is 8.42 Å². The van der Waals surface area contributed by atoms with E-state index >= 15 is 0 Å². The van der Waals surface area contributed by atoms with Crippen LogP contribution in [0.1, 0.15) is 18.9 Å². The minimum Gasteiger partial charge on any atom is -0.316 e. The largest absolute Gasteiger partial charge is 0.316 e. The summed E-state index contributed by atoms with van der Waals surface area (Å²) in [6, 6.07) is 7.19. The van der Waals surface area contributed by atoms with Gasteiger partial charge in [0.15, 0.2) is 0 Å². The zero-order valence-corrected chi connectivity index (χ0v) is 12.2. The van der Waals surface area contributed by atoms with E-state index in [0.717, 1.165) is 17.6 Å². The van der Waals surface area contributed by atoms with Crippen molar-refractivity contribution in [3.05, 3.63) is 41.5 Å². The van der Waals surface area contributed by atoms with Crippen LogP contribution in [0.4, 0.5) is 0 Å². The SMILES string of the molecule is CNCc1ccccc1S(=O)(=O)N1CCC=C(C)C1. The fraction of sp³-hybridized carbons (Fsp3) is 0.429. The van der Waals surface area contributed by atoms with Crippen molar-refractivity contribution in [2.24, 2.45) is 0 Å². The zero-order valence-electron chi connectivity index (χ0n) is 11.4. The summed E-state index contributed by atoms with van der Waals surface area (Å²) in [5, 5.41) is 3.01. The number of nitrogens with one attached hydrogen (secondary N) is 1. The van der Waals surface area contributed by atoms with Crippen LogP contribution in [0.3, 0.4) is 0 Å². The smallest absolute Gasteiger partial charge is 0.243 e. The fourth-order valence-corrected chi connectivity index (χ4v) is 4.03. The predicted molar refractivity (Wildman–Crippen MR) is 76.3 cm³/mol. The monoisotopic (exact) mass is 280 g/mol. The molecule has 0 radical (unpaired) electrons. The van der Waals surface area contributed by atoms with E-state index in [4.69, 9.17) is 0 Å². The van der Waals surface area contributed by atoms with Gasteiger partial charge in [-0.3, -0.25) is 0 Å². The van der Waals surface area contributed by atoms with Gasteiger partial charge >= 0.3 is 0 Å². The minimum atomic E-state index is -3.40. The van der Waals surface area contributed by atoms with Crippen LogP contribution in [0, 0.1) is 0 Å². The highest BCUT2D eigenvalue weighted by Crippen LogP contribution is 2.23. The summed E-state index contributed by atoms with van der Waals surface area (Å²) in [7, 11) is -1.58. The number of benzene rings is 1. The molecule has 5 heteroatoms. The summed E-state index contributed by atoms with van der Waals surface area (Å²) < 4.78 is 27.0. The summed E-state index contributed by atoms with van der Waals surface area (Å²) in [5.41, 5.74) is 1.93. The maximum absolute atomic E-state index is 12.7. The highest BCUT2D eigenvalue weighted by molar-refractivity contribution is 7.89. The fourth-order valence-electron chi connectivity index (χ4n) is 2.31. The normalized spacial score (nSPS) is 17.3. The van der Waals surface area contributed by atoms with Crippen molar-refractivity contribution < 1.29 is 8.42 Å². The molecule has 0 saturated carbocycles. The Labute approximate surface area is 115 Å². The van der Waals surface area contributed by atoms with Crippen LogP contribution in [0.5, 0.6) is 0 Å². The minimum absolute atomic E-state index is 0.416. The second-order valence-corrected chi connectivity index (χ2v) is 6.72. The third-order valence-corrected chi connectivity index (χ3v) is 5.20. The second-order valence-electron chi connectivity index (χ2n) is 4.82. The van der Waals surface area contributed by atoms with Gasteiger partial charge in [-0.15, -0.1) is 0 Å². The highest BCUT2D eigenvalue weighted by Gasteiger charge is 2.27. The molecule has 104 valence electrons. The average molecular weight is 280 g/mol. The van der Waals surface area contributed by atoms with Crippen LogP contribution < -0.4 is 5.32 Å². The van der Waals surface area contributed by atoms with Crippen molar-refractivity contribution in [2.45, 2.75) is 24.8 Å². The molecule has 1 heterocycles. The summed E-state index contributed by atoms with van der Waals surface area (Å²) in [6.07, 6.45) is 2.89. The first-order chi connectivity index (χ1) is 9.05. The van der Waals surface area contributed by atoms with Gasteiger partial charge in [0.2, 0.25) is 10.0 Å². The zero-order chi connectivity index (χ0) is 13.9. The lowest BCUT2D eigenvalue weighted by atomic mass is 10.2. The number of hydrogen-bond donors (Lipinski definition) is 1. The lowest BCUT2D eigenvalue weighted by Crippen LogP contribution is -2.36. The standard InChI is InChI=1S/C14H20N2O2S/c1-12-6-5-9-16(11-12)19(17,18)14-8-4-3-7-13(14)10-15-2/h3-4,6-8,15H,5,9-11H2,1-2H3. The van der Waals surface area contributed by atoms with E-state index < -0.39 is 10.0 Å². The molecular formula is C14H20N2O2S. The predicted octanol–water partition coefficient (Wildman–Crippen LogP) is 1.75. The van der Waals surface area contributed by atoms with Crippen molar-refractivity contribution in [3.63, 3.8) is 0 Å². The van der Waals surface area contributed by atoms with Crippen molar-refractivity contribution in [1.29, 1.82) is 0 Å².